The zero-order valence-electron chi connectivity index (χ0n) is 17.2. The van der Waals surface area contributed by atoms with Crippen molar-refractivity contribution in [3.63, 3.8) is 0 Å². The molecule has 1 aromatic carbocycles. The molecule has 2 fully saturated rings. The Balaban J connectivity index is 1.71. The highest BCUT2D eigenvalue weighted by Crippen LogP contribution is 2.47. The zero-order valence-corrected chi connectivity index (χ0v) is 17.2. The summed E-state index contributed by atoms with van der Waals surface area (Å²) in [5, 5.41) is 4.46. The van der Waals surface area contributed by atoms with E-state index >= 15 is 4.39 Å². The first-order chi connectivity index (χ1) is 14.7. The van der Waals surface area contributed by atoms with Crippen LogP contribution in [0, 0.1) is 18.2 Å². The van der Waals surface area contributed by atoms with Crippen LogP contribution < -0.4 is 15.5 Å². The van der Waals surface area contributed by atoms with Gasteiger partial charge in [-0.05, 0) is 44.9 Å². The number of imide groups is 2. The molecule has 3 aliphatic heterocycles. The van der Waals surface area contributed by atoms with Gasteiger partial charge in [-0.25, -0.2) is 14.2 Å². The van der Waals surface area contributed by atoms with Gasteiger partial charge in [0.15, 0.2) is 5.41 Å². The first-order valence-corrected chi connectivity index (χ1v) is 10.0. The summed E-state index contributed by atoms with van der Waals surface area (Å²) in [6.45, 7) is 5.73. The lowest BCUT2D eigenvalue weighted by Crippen LogP contribution is -2.75. The molecule has 2 N–H and O–H groups in total. The van der Waals surface area contributed by atoms with Gasteiger partial charge in [0, 0.05) is 12.2 Å². The number of carbonyl (C=O) groups excluding carboxylic acids is 3. The molecule has 2 saturated heterocycles. The first-order valence-electron chi connectivity index (χ1n) is 10.0. The molecular formula is C21H21FN4O5. The summed E-state index contributed by atoms with van der Waals surface area (Å²) in [6, 6.07) is 1.39. The first kappa shape index (κ1) is 19.7. The molecule has 0 saturated carbocycles. The molecule has 1 spiro atoms. The highest BCUT2D eigenvalue weighted by Gasteiger charge is 2.62. The van der Waals surface area contributed by atoms with Gasteiger partial charge < -0.3 is 14.1 Å². The number of ether oxygens (including phenoxy) is 1. The summed E-state index contributed by atoms with van der Waals surface area (Å²) < 4.78 is 26.4. The molecule has 5 rings (SSSR count). The lowest BCUT2D eigenvalue weighted by Gasteiger charge is -2.55. The van der Waals surface area contributed by atoms with E-state index in [1.807, 2.05) is 11.8 Å². The number of barbiturate groups is 1. The molecule has 162 valence electrons. The minimum Gasteiger partial charge on any atom is -0.444 e. The minimum absolute atomic E-state index is 0.0243. The Kier molecular flexibility index (Phi) is 4.20. The fraction of sp³-hybridized carbons (Fsp3) is 0.429. The number of halogens is 1. The number of nitrogens with zero attached hydrogens (tertiary/aromatic N) is 2. The van der Waals surface area contributed by atoms with Crippen molar-refractivity contribution in [2.75, 3.05) is 11.4 Å². The van der Waals surface area contributed by atoms with Crippen molar-refractivity contribution in [1.29, 1.82) is 0 Å². The van der Waals surface area contributed by atoms with Gasteiger partial charge >= 0.3 is 6.03 Å². The van der Waals surface area contributed by atoms with Crippen molar-refractivity contribution in [3.8, 4) is 11.5 Å². The second kappa shape index (κ2) is 6.61. The van der Waals surface area contributed by atoms with Crippen LogP contribution in [0.3, 0.4) is 0 Å². The average molecular weight is 428 g/mol. The van der Waals surface area contributed by atoms with Gasteiger partial charge in [0.25, 0.3) is 0 Å². The van der Waals surface area contributed by atoms with Crippen LogP contribution >= 0.6 is 0 Å². The Labute approximate surface area is 176 Å². The Morgan fingerprint density at radius 2 is 1.90 bits per heavy atom. The Bertz CT molecular complexity index is 1110. The van der Waals surface area contributed by atoms with E-state index in [-0.39, 0.29) is 24.0 Å². The van der Waals surface area contributed by atoms with Crippen molar-refractivity contribution < 1.29 is 27.9 Å². The van der Waals surface area contributed by atoms with Crippen molar-refractivity contribution in [3.05, 3.63) is 35.5 Å². The van der Waals surface area contributed by atoms with Gasteiger partial charge in [-0.1, -0.05) is 0 Å². The zero-order chi connectivity index (χ0) is 22.1. The number of oxazole rings is 1. The number of aryl methyl sites for hydroxylation is 1. The van der Waals surface area contributed by atoms with Crippen LogP contribution in [0.4, 0.5) is 14.9 Å². The van der Waals surface area contributed by atoms with Crippen LogP contribution in [0.15, 0.2) is 22.8 Å². The standard InChI is InChI=1S/C21H21FN4O5/c1-9-8-30-17(23-9)13-4-12-6-21(18(27)24-20(29)25-19(21)28)16-11(3)31-10(2)7-26(16)15(12)5-14(13)22/h4-5,8,10-11,16H,6-7H2,1-3H3,(H2,24,25,27,28,29). The maximum atomic E-state index is 15.1. The van der Waals surface area contributed by atoms with E-state index in [0.717, 1.165) is 0 Å². The Morgan fingerprint density at radius 3 is 2.55 bits per heavy atom. The third-order valence-electron chi connectivity index (χ3n) is 6.25. The number of nitrogens with one attached hydrogen (secondary N) is 2. The van der Waals surface area contributed by atoms with Crippen LogP contribution in [0.25, 0.3) is 11.5 Å². The number of anilines is 1. The predicted octanol–water partition coefficient (Wildman–Crippen LogP) is 1.68. The van der Waals surface area contributed by atoms with Crippen molar-refractivity contribution in [2.24, 2.45) is 5.41 Å². The number of hydrogen-bond acceptors (Lipinski definition) is 7. The molecule has 0 radical (unpaired) electrons. The fourth-order valence-corrected chi connectivity index (χ4v) is 5.10. The number of aromatic nitrogens is 1. The molecule has 4 amide bonds. The van der Waals surface area contributed by atoms with Gasteiger partial charge in [-0.2, -0.15) is 0 Å². The molecule has 0 bridgehead atoms. The Hall–Kier alpha value is -3.27. The van der Waals surface area contributed by atoms with Gasteiger partial charge in [0.05, 0.1) is 29.5 Å². The second-order valence-electron chi connectivity index (χ2n) is 8.39. The van der Waals surface area contributed by atoms with Crippen LogP contribution in [0.1, 0.15) is 25.1 Å². The second-order valence-corrected chi connectivity index (χ2v) is 8.39. The fourth-order valence-electron chi connectivity index (χ4n) is 5.10. The highest BCUT2D eigenvalue weighted by molar-refractivity contribution is 6.20. The van der Waals surface area contributed by atoms with E-state index < -0.39 is 41.2 Å². The topological polar surface area (TPSA) is 114 Å². The molecule has 3 unspecified atom stereocenters. The number of amides is 4. The van der Waals surface area contributed by atoms with Crippen molar-refractivity contribution in [2.45, 2.75) is 45.4 Å². The van der Waals surface area contributed by atoms with Gasteiger partial charge in [0.1, 0.15) is 12.1 Å². The number of hydrogen-bond donors (Lipinski definition) is 2. The summed E-state index contributed by atoms with van der Waals surface area (Å²) in [6.07, 6.45) is 0.676. The largest absolute Gasteiger partial charge is 0.444 e. The molecule has 4 heterocycles. The number of urea groups is 1. The minimum atomic E-state index is -1.61. The molecule has 10 heteroatoms. The summed E-state index contributed by atoms with van der Waals surface area (Å²) >= 11 is 0. The maximum Gasteiger partial charge on any atom is 0.328 e. The lowest BCUT2D eigenvalue weighted by molar-refractivity contribution is -0.153. The maximum absolute atomic E-state index is 15.1. The molecule has 3 atom stereocenters. The lowest BCUT2D eigenvalue weighted by atomic mass is 9.66. The number of fused-ring (bicyclic) bond motifs is 4. The van der Waals surface area contributed by atoms with Crippen LogP contribution in [0.5, 0.6) is 0 Å². The number of benzene rings is 1. The Morgan fingerprint density at radius 1 is 1.19 bits per heavy atom. The van der Waals surface area contributed by atoms with Crippen molar-refractivity contribution in [1.82, 2.24) is 15.6 Å². The van der Waals surface area contributed by atoms with Crippen molar-refractivity contribution >= 4 is 23.5 Å². The molecule has 3 aliphatic rings. The number of carbonyl (C=O) groups is 3. The molecule has 2 aromatic rings. The van der Waals surface area contributed by atoms with E-state index in [1.54, 1.807) is 19.9 Å². The van der Waals surface area contributed by atoms with E-state index in [9.17, 15) is 14.4 Å². The molecule has 1 aromatic heterocycles. The van der Waals surface area contributed by atoms with E-state index in [4.69, 9.17) is 9.15 Å². The van der Waals surface area contributed by atoms with E-state index in [2.05, 4.69) is 15.6 Å². The monoisotopic (exact) mass is 428 g/mol. The molecule has 9 nitrogen and oxygen atoms in total. The quantitative estimate of drug-likeness (QED) is 0.665. The molecule has 0 aliphatic carbocycles. The average Bonchev–Trinajstić information content (AvgIpc) is 3.11. The number of morpholine rings is 1. The SMILES string of the molecule is Cc1coc(-c2cc3c(cc2F)N2CC(C)OC(C)C2C2(C3)C(=O)NC(=O)NC2=O)n1. The molecule has 31 heavy (non-hydrogen) atoms. The summed E-state index contributed by atoms with van der Waals surface area (Å²) in [5.74, 6) is -1.78. The van der Waals surface area contributed by atoms with Crippen LogP contribution in [-0.4, -0.2) is 47.6 Å². The third-order valence-corrected chi connectivity index (χ3v) is 6.25. The molecular weight excluding hydrogens is 407 g/mol. The van der Waals surface area contributed by atoms with Crippen LogP contribution in [0.2, 0.25) is 0 Å². The van der Waals surface area contributed by atoms with Gasteiger partial charge in [-0.15, -0.1) is 0 Å². The normalized spacial score (nSPS) is 26.9. The van der Waals surface area contributed by atoms with E-state index in [1.165, 1.54) is 12.3 Å². The van der Waals surface area contributed by atoms with Crippen LogP contribution in [-0.2, 0) is 20.7 Å². The smallest absolute Gasteiger partial charge is 0.328 e. The predicted molar refractivity (Wildman–Crippen MR) is 106 cm³/mol. The van der Waals surface area contributed by atoms with E-state index in [0.29, 0.717) is 23.5 Å². The summed E-state index contributed by atoms with van der Waals surface area (Å²) in [5.41, 5.74) is 0.304. The van der Waals surface area contributed by atoms with Gasteiger partial charge in [-0.3, -0.25) is 20.2 Å². The van der Waals surface area contributed by atoms with Gasteiger partial charge in [0.2, 0.25) is 17.7 Å². The highest BCUT2D eigenvalue weighted by atomic mass is 19.1. The number of rotatable bonds is 1. The third kappa shape index (κ3) is 2.78. The summed E-state index contributed by atoms with van der Waals surface area (Å²) in [7, 11) is 0. The summed E-state index contributed by atoms with van der Waals surface area (Å²) in [4.78, 5) is 44.1.